The number of hydrogen-bond acceptors (Lipinski definition) is 5. The van der Waals surface area contributed by atoms with Crippen LogP contribution in [0.25, 0.3) is 43.9 Å². The summed E-state index contributed by atoms with van der Waals surface area (Å²) in [5.74, 6) is 0. The summed E-state index contributed by atoms with van der Waals surface area (Å²) in [6.45, 7) is 3.05. The molecule has 3 aromatic heterocycles. The van der Waals surface area contributed by atoms with Crippen LogP contribution in [0, 0.1) is 0 Å². The molecule has 4 heterocycles. The maximum atomic E-state index is 5.38. The van der Waals surface area contributed by atoms with Gasteiger partial charge < -0.3 is 4.74 Å². The number of thiophene rings is 1. The highest BCUT2D eigenvalue weighted by Gasteiger charge is 2.28. The summed E-state index contributed by atoms with van der Waals surface area (Å²) in [6.07, 6.45) is 3.23. The number of aromatic amines is 1. The fraction of sp³-hybridized carbons (Fsp3) is 0.259. The summed E-state index contributed by atoms with van der Waals surface area (Å²) in [7, 11) is 3.78. The molecule has 170 valence electrons. The number of benzene rings is 2. The summed E-state index contributed by atoms with van der Waals surface area (Å²) < 4.78 is 7.30. The Balaban J connectivity index is 1.14. The standard InChI is InChI=1S/C27H25N5OS/c1-31-23-9-18(7-8-19(23)12-28-31)26-22-11-25-21(27(22)30-29-26)10-24(34-25)17-5-3-16(4-6-17)13-32-14-20(15-32)33-2/h3-10,12,20H,11,13-15H2,1-2H3,(H,29,30). The van der Waals surface area contributed by atoms with Crippen molar-refractivity contribution in [2.45, 2.75) is 19.1 Å². The quantitative estimate of drug-likeness (QED) is 0.384. The number of rotatable bonds is 5. The number of methoxy groups -OCH3 is 1. The van der Waals surface area contributed by atoms with E-state index in [0.29, 0.717) is 6.10 Å². The van der Waals surface area contributed by atoms with Crippen LogP contribution in [-0.4, -0.2) is 51.2 Å². The van der Waals surface area contributed by atoms with Crippen LogP contribution in [0.1, 0.15) is 16.0 Å². The monoisotopic (exact) mass is 467 g/mol. The minimum atomic E-state index is 0.402. The molecule has 1 fully saturated rings. The number of ether oxygens (including phenoxy) is 1. The predicted molar refractivity (Wildman–Crippen MR) is 136 cm³/mol. The lowest BCUT2D eigenvalue weighted by molar-refractivity contribution is -0.0333. The molecule has 0 atom stereocenters. The Bertz CT molecular complexity index is 1520. The maximum Gasteiger partial charge on any atom is 0.0963 e. The molecule has 7 heteroatoms. The number of H-pyrrole nitrogens is 1. The Morgan fingerprint density at radius 1 is 1.09 bits per heavy atom. The molecule has 6 nitrogen and oxygen atoms in total. The minimum Gasteiger partial charge on any atom is -0.379 e. The van der Waals surface area contributed by atoms with Crippen LogP contribution in [0.5, 0.6) is 0 Å². The summed E-state index contributed by atoms with van der Waals surface area (Å²) in [5, 5.41) is 13.6. The van der Waals surface area contributed by atoms with Gasteiger partial charge in [0.25, 0.3) is 0 Å². The molecule has 34 heavy (non-hydrogen) atoms. The van der Waals surface area contributed by atoms with Crippen molar-refractivity contribution in [1.82, 2.24) is 24.9 Å². The van der Waals surface area contributed by atoms with Crippen LogP contribution in [0.4, 0.5) is 0 Å². The molecule has 2 aliphatic rings. The SMILES string of the molecule is COC1CN(Cc2ccc(-c3cc4c(s3)Cc3c(-c5ccc6cnn(C)c6c5)n[nH]c3-4)cc2)C1. The highest BCUT2D eigenvalue weighted by atomic mass is 32.1. The van der Waals surface area contributed by atoms with Gasteiger partial charge in [-0.2, -0.15) is 10.2 Å². The third-order valence-electron chi connectivity index (χ3n) is 7.21. The zero-order valence-electron chi connectivity index (χ0n) is 19.2. The molecular weight excluding hydrogens is 442 g/mol. The molecule has 0 amide bonds. The second-order valence-corrected chi connectivity index (χ2v) is 10.5. The fourth-order valence-corrected chi connectivity index (χ4v) is 6.38. The molecule has 0 radical (unpaired) electrons. The lowest BCUT2D eigenvalue weighted by Gasteiger charge is -2.38. The minimum absolute atomic E-state index is 0.402. The van der Waals surface area contributed by atoms with Gasteiger partial charge in [0.05, 0.1) is 29.2 Å². The van der Waals surface area contributed by atoms with Crippen LogP contribution in [0.3, 0.4) is 0 Å². The molecule has 0 bridgehead atoms. The van der Waals surface area contributed by atoms with Crippen LogP contribution in [0.2, 0.25) is 0 Å². The number of nitrogens with zero attached hydrogens (tertiary/aromatic N) is 4. The third kappa shape index (κ3) is 3.15. The topological polar surface area (TPSA) is 59.0 Å². The van der Waals surface area contributed by atoms with Gasteiger partial charge in [-0.15, -0.1) is 11.3 Å². The molecule has 7 rings (SSSR count). The van der Waals surface area contributed by atoms with Gasteiger partial charge in [0.15, 0.2) is 0 Å². The average molecular weight is 468 g/mol. The first kappa shape index (κ1) is 20.1. The van der Waals surface area contributed by atoms with Crippen molar-refractivity contribution in [3.05, 3.63) is 70.7 Å². The zero-order valence-corrected chi connectivity index (χ0v) is 20.0. The van der Waals surface area contributed by atoms with E-state index in [1.165, 1.54) is 37.7 Å². The van der Waals surface area contributed by atoms with Crippen molar-refractivity contribution in [3.8, 4) is 33.0 Å². The molecule has 1 aliphatic heterocycles. The summed E-state index contributed by atoms with van der Waals surface area (Å²) >= 11 is 1.90. The van der Waals surface area contributed by atoms with Gasteiger partial charge in [0, 0.05) is 72.0 Å². The Labute approximate surface area is 201 Å². The highest BCUT2D eigenvalue weighted by molar-refractivity contribution is 7.16. The number of nitrogens with one attached hydrogen (secondary N) is 1. The lowest BCUT2D eigenvalue weighted by Crippen LogP contribution is -2.50. The zero-order chi connectivity index (χ0) is 22.8. The number of aromatic nitrogens is 4. The van der Waals surface area contributed by atoms with Crippen LogP contribution in [0.15, 0.2) is 54.7 Å². The molecule has 0 saturated carbocycles. The summed E-state index contributed by atoms with van der Waals surface area (Å²) in [4.78, 5) is 5.15. The van der Waals surface area contributed by atoms with Crippen molar-refractivity contribution >= 4 is 22.2 Å². The summed E-state index contributed by atoms with van der Waals surface area (Å²) in [6, 6.07) is 17.8. The van der Waals surface area contributed by atoms with Crippen LogP contribution < -0.4 is 0 Å². The predicted octanol–water partition coefficient (Wildman–Crippen LogP) is 5.09. The molecule has 1 aliphatic carbocycles. The van der Waals surface area contributed by atoms with E-state index < -0.39 is 0 Å². The molecule has 0 unspecified atom stereocenters. The van der Waals surface area contributed by atoms with Crippen molar-refractivity contribution in [2.24, 2.45) is 7.05 Å². The van der Waals surface area contributed by atoms with Crippen LogP contribution in [-0.2, 0) is 24.8 Å². The Morgan fingerprint density at radius 3 is 2.74 bits per heavy atom. The number of likely N-dealkylation sites (tertiary alicyclic amines) is 1. The van der Waals surface area contributed by atoms with Gasteiger partial charge in [-0.25, -0.2) is 0 Å². The van der Waals surface area contributed by atoms with Gasteiger partial charge in [0.2, 0.25) is 0 Å². The van der Waals surface area contributed by atoms with Gasteiger partial charge in [-0.1, -0.05) is 36.4 Å². The van der Waals surface area contributed by atoms with Crippen molar-refractivity contribution < 1.29 is 4.74 Å². The van der Waals surface area contributed by atoms with E-state index in [2.05, 4.69) is 63.6 Å². The third-order valence-corrected chi connectivity index (χ3v) is 8.39. The van der Waals surface area contributed by atoms with Gasteiger partial charge in [-0.3, -0.25) is 14.7 Å². The Kier molecular flexibility index (Phi) is 4.52. The Morgan fingerprint density at radius 2 is 1.91 bits per heavy atom. The van der Waals surface area contributed by atoms with Crippen molar-refractivity contribution in [1.29, 1.82) is 0 Å². The molecule has 1 saturated heterocycles. The van der Waals surface area contributed by atoms with Gasteiger partial charge in [0.1, 0.15) is 0 Å². The van der Waals surface area contributed by atoms with E-state index in [9.17, 15) is 0 Å². The van der Waals surface area contributed by atoms with E-state index in [4.69, 9.17) is 9.84 Å². The second-order valence-electron chi connectivity index (χ2n) is 9.34. The van der Waals surface area contributed by atoms with E-state index >= 15 is 0 Å². The average Bonchev–Trinajstić information content (AvgIpc) is 3.58. The smallest absolute Gasteiger partial charge is 0.0963 e. The molecule has 0 spiro atoms. The van der Waals surface area contributed by atoms with E-state index in [1.807, 2.05) is 29.3 Å². The van der Waals surface area contributed by atoms with Crippen molar-refractivity contribution in [2.75, 3.05) is 20.2 Å². The first-order valence-electron chi connectivity index (χ1n) is 11.6. The first-order chi connectivity index (χ1) is 16.7. The lowest BCUT2D eigenvalue weighted by atomic mass is 10.0. The van der Waals surface area contributed by atoms with Crippen LogP contribution >= 0.6 is 11.3 Å². The van der Waals surface area contributed by atoms with Crippen molar-refractivity contribution in [3.63, 3.8) is 0 Å². The molecule has 5 aromatic rings. The molecule has 2 aromatic carbocycles. The number of hydrogen-bond donors (Lipinski definition) is 1. The molecular formula is C27H25N5OS. The van der Waals surface area contributed by atoms with E-state index in [0.717, 1.165) is 48.2 Å². The van der Waals surface area contributed by atoms with E-state index in [-0.39, 0.29) is 0 Å². The maximum absolute atomic E-state index is 5.38. The van der Waals surface area contributed by atoms with E-state index in [1.54, 1.807) is 7.11 Å². The first-order valence-corrected chi connectivity index (χ1v) is 12.4. The number of aryl methyl sites for hydroxylation is 1. The summed E-state index contributed by atoms with van der Waals surface area (Å²) in [5.41, 5.74) is 9.71. The normalized spacial score (nSPS) is 15.6. The Hall–Kier alpha value is -3.26. The largest absolute Gasteiger partial charge is 0.379 e. The molecule has 1 N–H and O–H groups in total. The van der Waals surface area contributed by atoms with Gasteiger partial charge in [-0.05, 0) is 23.3 Å². The van der Waals surface area contributed by atoms with Gasteiger partial charge >= 0.3 is 0 Å². The number of fused-ring (bicyclic) bond motifs is 4. The fourth-order valence-electron chi connectivity index (χ4n) is 5.20. The second kappa shape index (κ2) is 7.63. The highest BCUT2D eigenvalue weighted by Crippen LogP contribution is 2.46.